The molecule has 1 fully saturated rings. The highest BCUT2D eigenvalue weighted by Gasteiger charge is 2.23. The second kappa shape index (κ2) is 4.79. The fraction of sp³-hybridized carbons (Fsp3) is 0.538. The van der Waals surface area contributed by atoms with E-state index in [0.717, 1.165) is 12.8 Å². The van der Waals surface area contributed by atoms with Gasteiger partial charge >= 0.3 is 5.69 Å². The smallest absolute Gasteiger partial charge is 0.335 e. The second-order valence-corrected chi connectivity index (χ2v) is 4.99. The molecule has 0 aliphatic carbocycles. The van der Waals surface area contributed by atoms with Gasteiger partial charge in [-0.15, -0.1) is 0 Å². The van der Waals surface area contributed by atoms with Crippen molar-refractivity contribution in [2.45, 2.75) is 31.8 Å². The lowest BCUT2D eigenvalue weighted by Gasteiger charge is -2.27. The zero-order chi connectivity index (χ0) is 13.4. The molecule has 1 aliphatic rings. The molecule has 0 aromatic carbocycles. The van der Waals surface area contributed by atoms with Crippen molar-refractivity contribution in [1.29, 1.82) is 0 Å². The number of hydrogen-bond acceptors (Lipinski definition) is 4. The van der Waals surface area contributed by atoms with Gasteiger partial charge in [0.05, 0.1) is 6.04 Å². The van der Waals surface area contributed by atoms with Crippen molar-refractivity contribution in [3.05, 3.63) is 34.6 Å². The third-order valence-electron chi connectivity index (χ3n) is 3.58. The molecule has 0 amide bonds. The lowest BCUT2D eigenvalue weighted by molar-refractivity contribution is 0.0667. The van der Waals surface area contributed by atoms with Crippen molar-refractivity contribution in [2.75, 3.05) is 13.2 Å². The van der Waals surface area contributed by atoms with E-state index in [1.165, 1.54) is 0 Å². The second-order valence-electron chi connectivity index (χ2n) is 4.99. The first-order valence-electron chi connectivity index (χ1n) is 6.61. The van der Waals surface area contributed by atoms with Crippen LogP contribution in [0.25, 0.3) is 5.65 Å². The van der Waals surface area contributed by atoms with Gasteiger partial charge in [-0.3, -0.25) is 8.97 Å². The van der Waals surface area contributed by atoms with Gasteiger partial charge < -0.3 is 10.5 Å². The van der Waals surface area contributed by atoms with Crippen LogP contribution in [0.1, 0.15) is 37.7 Å². The largest absolute Gasteiger partial charge is 0.381 e. The summed E-state index contributed by atoms with van der Waals surface area (Å²) in [6.45, 7) is 3.22. The number of rotatable bonds is 2. The quantitative estimate of drug-likeness (QED) is 0.871. The fourth-order valence-electron chi connectivity index (χ4n) is 2.62. The molecule has 1 unspecified atom stereocenters. The minimum Gasteiger partial charge on any atom is -0.381 e. The molecule has 6 nitrogen and oxygen atoms in total. The van der Waals surface area contributed by atoms with Crippen molar-refractivity contribution in [1.82, 2.24) is 14.0 Å². The highest BCUT2D eigenvalue weighted by atomic mass is 16.5. The molecule has 3 rings (SSSR count). The van der Waals surface area contributed by atoms with Gasteiger partial charge in [0.25, 0.3) is 0 Å². The molecular formula is C13H18N4O2. The zero-order valence-electron chi connectivity index (χ0n) is 11.0. The Morgan fingerprint density at radius 1 is 1.47 bits per heavy atom. The first-order chi connectivity index (χ1) is 9.18. The van der Waals surface area contributed by atoms with Crippen molar-refractivity contribution < 1.29 is 4.74 Å². The van der Waals surface area contributed by atoms with Crippen LogP contribution in [0.4, 0.5) is 0 Å². The number of nitrogens with two attached hydrogens (primary N) is 1. The highest BCUT2D eigenvalue weighted by molar-refractivity contribution is 5.38. The Kier molecular flexibility index (Phi) is 3.12. The first-order valence-corrected chi connectivity index (χ1v) is 6.61. The summed E-state index contributed by atoms with van der Waals surface area (Å²) in [6.07, 6.45) is 3.40. The van der Waals surface area contributed by atoms with E-state index in [-0.39, 0.29) is 17.8 Å². The maximum absolute atomic E-state index is 12.6. The van der Waals surface area contributed by atoms with E-state index in [2.05, 4.69) is 4.98 Å². The molecule has 2 aromatic heterocycles. The van der Waals surface area contributed by atoms with Crippen LogP contribution < -0.4 is 11.4 Å². The minimum absolute atomic E-state index is 0.0609. The van der Waals surface area contributed by atoms with E-state index in [1.54, 1.807) is 15.2 Å². The summed E-state index contributed by atoms with van der Waals surface area (Å²) in [4.78, 5) is 17.1. The summed E-state index contributed by atoms with van der Waals surface area (Å²) in [6, 6.07) is 3.50. The minimum atomic E-state index is -0.268. The molecule has 0 spiro atoms. The maximum Gasteiger partial charge on any atom is 0.335 e. The Hall–Kier alpha value is -1.66. The maximum atomic E-state index is 12.6. The number of hydrogen-bond donors (Lipinski definition) is 1. The van der Waals surface area contributed by atoms with Gasteiger partial charge in [0.15, 0.2) is 0 Å². The van der Waals surface area contributed by atoms with Gasteiger partial charge in [-0.2, -0.15) is 0 Å². The van der Waals surface area contributed by atoms with E-state index in [1.807, 2.05) is 19.1 Å². The average Bonchev–Trinajstić information content (AvgIpc) is 2.88. The molecule has 1 atom stereocenters. The Morgan fingerprint density at radius 3 is 2.89 bits per heavy atom. The molecule has 2 N–H and O–H groups in total. The van der Waals surface area contributed by atoms with Gasteiger partial charge in [0.2, 0.25) is 0 Å². The number of nitrogens with zero attached hydrogens (tertiary/aromatic N) is 3. The van der Waals surface area contributed by atoms with Gasteiger partial charge in [-0.05, 0) is 31.9 Å². The fourth-order valence-corrected chi connectivity index (χ4v) is 2.62. The molecule has 1 saturated heterocycles. The number of ether oxygens (including phenoxy) is 1. The SMILES string of the molecule is CC(N)c1nc2cccn2c(=O)n1C1CCOCC1. The van der Waals surface area contributed by atoms with Crippen molar-refractivity contribution in [3.8, 4) is 0 Å². The van der Waals surface area contributed by atoms with Gasteiger partial charge in [-0.1, -0.05) is 0 Å². The van der Waals surface area contributed by atoms with E-state index in [0.29, 0.717) is 24.7 Å². The van der Waals surface area contributed by atoms with Crippen LogP contribution in [0.5, 0.6) is 0 Å². The van der Waals surface area contributed by atoms with Crippen LogP contribution in [-0.2, 0) is 4.74 Å². The molecule has 0 radical (unpaired) electrons. The van der Waals surface area contributed by atoms with Crippen LogP contribution in [0.2, 0.25) is 0 Å². The Bertz CT molecular complexity index is 638. The molecule has 2 aromatic rings. The Morgan fingerprint density at radius 2 is 2.21 bits per heavy atom. The van der Waals surface area contributed by atoms with Crippen LogP contribution >= 0.6 is 0 Å². The first kappa shape index (κ1) is 12.4. The monoisotopic (exact) mass is 262 g/mol. The Balaban J connectivity index is 2.21. The molecule has 1 aliphatic heterocycles. The normalized spacial score (nSPS) is 18.8. The summed E-state index contributed by atoms with van der Waals surface area (Å²) in [7, 11) is 0. The van der Waals surface area contributed by atoms with Crippen LogP contribution in [0.3, 0.4) is 0 Å². The molecule has 102 valence electrons. The molecular weight excluding hydrogens is 244 g/mol. The summed E-state index contributed by atoms with van der Waals surface area (Å²) in [5, 5.41) is 0. The average molecular weight is 262 g/mol. The van der Waals surface area contributed by atoms with Crippen molar-refractivity contribution >= 4 is 5.65 Å². The van der Waals surface area contributed by atoms with E-state index in [4.69, 9.17) is 10.5 Å². The molecule has 0 bridgehead atoms. The third-order valence-corrected chi connectivity index (χ3v) is 3.58. The van der Waals surface area contributed by atoms with Crippen LogP contribution in [0, 0.1) is 0 Å². The van der Waals surface area contributed by atoms with Gasteiger partial charge in [0, 0.05) is 25.5 Å². The summed E-state index contributed by atoms with van der Waals surface area (Å²) >= 11 is 0. The van der Waals surface area contributed by atoms with E-state index >= 15 is 0 Å². The predicted octanol–water partition coefficient (Wildman–Crippen LogP) is 0.867. The van der Waals surface area contributed by atoms with Crippen LogP contribution in [-0.4, -0.2) is 27.2 Å². The standard InChI is InChI=1S/C13H18N4O2/c1-9(14)12-15-11-3-2-6-16(11)13(18)17(12)10-4-7-19-8-5-10/h2-3,6,9-10H,4-5,7-8,14H2,1H3. The highest BCUT2D eigenvalue weighted by Crippen LogP contribution is 2.22. The van der Waals surface area contributed by atoms with E-state index < -0.39 is 0 Å². The molecule has 0 saturated carbocycles. The summed E-state index contributed by atoms with van der Waals surface area (Å²) in [5.74, 6) is 0.656. The lowest BCUT2D eigenvalue weighted by atomic mass is 10.1. The zero-order valence-corrected chi connectivity index (χ0v) is 11.0. The Labute approximate surface area is 110 Å². The van der Waals surface area contributed by atoms with Crippen molar-refractivity contribution in [3.63, 3.8) is 0 Å². The lowest BCUT2D eigenvalue weighted by Crippen LogP contribution is -2.37. The van der Waals surface area contributed by atoms with Crippen molar-refractivity contribution in [2.24, 2.45) is 5.73 Å². The van der Waals surface area contributed by atoms with E-state index in [9.17, 15) is 4.79 Å². The number of aromatic nitrogens is 3. The predicted molar refractivity (Wildman–Crippen MR) is 71.1 cm³/mol. The molecule has 19 heavy (non-hydrogen) atoms. The van der Waals surface area contributed by atoms with Gasteiger partial charge in [0.1, 0.15) is 11.5 Å². The third kappa shape index (κ3) is 2.06. The summed E-state index contributed by atoms with van der Waals surface area (Å²) < 4.78 is 8.68. The number of fused-ring (bicyclic) bond motifs is 1. The molecule has 6 heteroatoms. The van der Waals surface area contributed by atoms with Gasteiger partial charge in [-0.25, -0.2) is 9.78 Å². The topological polar surface area (TPSA) is 74.5 Å². The summed E-state index contributed by atoms with van der Waals surface area (Å²) in [5.41, 5.74) is 6.58. The molecule has 3 heterocycles. The van der Waals surface area contributed by atoms with Crippen LogP contribution in [0.15, 0.2) is 23.1 Å².